The van der Waals surface area contributed by atoms with Gasteiger partial charge in [-0.3, -0.25) is 0 Å². The van der Waals surface area contributed by atoms with Crippen molar-refractivity contribution >= 4 is 15.9 Å². The van der Waals surface area contributed by atoms with Gasteiger partial charge < -0.3 is 9.47 Å². The molecule has 0 aliphatic carbocycles. The molecule has 3 heteroatoms. The Morgan fingerprint density at radius 3 is 2.12 bits per heavy atom. The largest absolute Gasteiger partial charge is 0.497 e. The number of hydrogen-bond donors (Lipinski definition) is 0. The fourth-order valence-corrected chi connectivity index (χ4v) is 1.97. The van der Waals surface area contributed by atoms with Crippen LogP contribution in [-0.4, -0.2) is 18.5 Å². The second kappa shape index (κ2) is 7.02. The molecule has 2 nitrogen and oxygen atoms in total. The smallest absolute Gasteiger partial charge is 0.118 e. The van der Waals surface area contributed by atoms with E-state index in [9.17, 15) is 0 Å². The Kier molecular flexibility index (Phi) is 6.00. The molecular formula is C14H21BrO2. The van der Waals surface area contributed by atoms with Gasteiger partial charge in [-0.2, -0.15) is 0 Å². The molecule has 0 aliphatic heterocycles. The zero-order chi connectivity index (χ0) is 12.8. The second-order valence-electron chi connectivity index (χ2n) is 4.50. The molecule has 0 N–H and O–H groups in total. The van der Waals surface area contributed by atoms with E-state index in [0.29, 0.717) is 5.92 Å². The molecule has 0 heterocycles. The lowest BCUT2D eigenvalue weighted by Crippen LogP contribution is -2.19. The molecule has 0 radical (unpaired) electrons. The van der Waals surface area contributed by atoms with Gasteiger partial charge in [0.15, 0.2) is 0 Å². The van der Waals surface area contributed by atoms with E-state index in [-0.39, 0.29) is 12.2 Å². The van der Waals surface area contributed by atoms with Crippen LogP contribution in [0.5, 0.6) is 5.75 Å². The summed E-state index contributed by atoms with van der Waals surface area (Å²) >= 11 is 3.51. The maximum Gasteiger partial charge on any atom is 0.118 e. The normalized spacial score (nSPS) is 14.7. The first-order valence-corrected chi connectivity index (χ1v) is 7.06. The van der Waals surface area contributed by atoms with Gasteiger partial charge in [0.1, 0.15) is 5.75 Å². The lowest BCUT2D eigenvalue weighted by atomic mass is 10.1. The third-order valence-electron chi connectivity index (χ3n) is 2.95. The van der Waals surface area contributed by atoms with Crippen LogP contribution in [0.25, 0.3) is 0 Å². The van der Waals surface area contributed by atoms with Crippen molar-refractivity contribution in [3.05, 3.63) is 29.8 Å². The van der Waals surface area contributed by atoms with Crippen LogP contribution in [0.1, 0.15) is 32.4 Å². The molecule has 1 rings (SSSR count). The summed E-state index contributed by atoms with van der Waals surface area (Å²) in [6.45, 7) is 6.46. The summed E-state index contributed by atoms with van der Waals surface area (Å²) in [5.74, 6) is 1.40. The van der Waals surface area contributed by atoms with E-state index in [1.165, 1.54) is 5.56 Å². The number of hydrogen-bond acceptors (Lipinski definition) is 2. The Bertz CT molecular complexity index is 321. The Morgan fingerprint density at radius 1 is 1.12 bits per heavy atom. The first-order valence-electron chi connectivity index (χ1n) is 5.93. The molecule has 96 valence electrons. The number of benzene rings is 1. The predicted molar refractivity (Wildman–Crippen MR) is 74.9 cm³/mol. The Morgan fingerprint density at radius 2 is 1.71 bits per heavy atom. The van der Waals surface area contributed by atoms with Crippen molar-refractivity contribution in [3.8, 4) is 5.75 Å². The SMILES string of the molecule is COc1ccc(C(CBr)OC(C)C(C)C)cc1. The van der Waals surface area contributed by atoms with Gasteiger partial charge >= 0.3 is 0 Å². The number of halogens is 1. The van der Waals surface area contributed by atoms with Crippen LogP contribution in [0, 0.1) is 5.92 Å². The van der Waals surface area contributed by atoms with E-state index in [0.717, 1.165) is 11.1 Å². The zero-order valence-corrected chi connectivity index (χ0v) is 12.5. The summed E-state index contributed by atoms with van der Waals surface area (Å²) in [4.78, 5) is 0. The van der Waals surface area contributed by atoms with Crippen molar-refractivity contribution in [2.75, 3.05) is 12.4 Å². The minimum atomic E-state index is 0.0957. The van der Waals surface area contributed by atoms with Gasteiger partial charge in [0.05, 0.1) is 19.3 Å². The average Bonchev–Trinajstić information content (AvgIpc) is 2.35. The third kappa shape index (κ3) is 4.32. The average molecular weight is 301 g/mol. The fourth-order valence-electron chi connectivity index (χ4n) is 1.44. The second-order valence-corrected chi connectivity index (χ2v) is 5.15. The van der Waals surface area contributed by atoms with Crippen LogP contribution in [0.2, 0.25) is 0 Å². The monoisotopic (exact) mass is 300 g/mol. The lowest BCUT2D eigenvalue weighted by molar-refractivity contribution is -0.0142. The quantitative estimate of drug-likeness (QED) is 0.733. The highest BCUT2D eigenvalue weighted by Gasteiger charge is 2.16. The maximum absolute atomic E-state index is 6.03. The fraction of sp³-hybridized carbons (Fsp3) is 0.571. The third-order valence-corrected chi connectivity index (χ3v) is 3.53. The number of alkyl halides is 1. The van der Waals surface area contributed by atoms with Gasteiger partial charge in [-0.05, 0) is 30.5 Å². The molecule has 0 saturated heterocycles. The van der Waals surface area contributed by atoms with Gasteiger partial charge in [-0.25, -0.2) is 0 Å². The first-order chi connectivity index (χ1) is 8.08. The van der Waals surface area contributed by atoms with Crippen molar-refractivity contribution in [3.63, 3.8) is 0 Å². The molecule has 2 unspecified atom stereocenters. The van der Waals surface area contributed by atoms with E-state index >= 15 is 0 Å². The molecule has 1 aromatic carbocycles. The topological polar surface area (TPSA) is 18.5 Å². The zero-order valence-electron chi connectivity index (χ0n) is 10.9. The van der Waals surface area contributed by atoms with Crippen LogP contribution in [0.4, 0.5) is 0 Å². The maximum atomic E-state index is 6.03. The number of rotatable bonds is 6. The Hall–Kier alpha value is -0.540. The molecule has 0 saturated carbocycles. The summed E-state index contributed by atoms with van der Waals surface area (Å²) in [5.41, 5.74) is 1.18. The summed E-state index contributed by atoms with van der Waals surface area (Å²) in [7, 11) is 1.67. The molecule has 0 spiro atoms. The standard InChI is InChI=1S/C14H21BrO2/c1-10(2)11(3)17-14(9-15)12-5-7-13(16-4)8-6-12/h5-8,10-11,14H,9H2,1-4H3. The highest BCUT2D eigenvalue weighted by molar-refractivity contribution is 9.09. The van der Waals surface area contributed by atoms with E-state index in [1.807, 2.05) is 12.1 Å². The molecule has 17 heavy (non-hydrogen) atoms. The summed E-state index contributed by atoms with van der Waals surface area (Å²) in [5, 5.41) is 0.802. The van der Waals surface area contributed by atoms with E-state index in [4.69, 9.17) is 9.47 Å². The van der Waals surface area contributed by atoms with Gasteiger partial charge in [-0.15, -0.1) is 0 Å². The highest BCUT2D eigenvalue weighted by atomic mass is 79.9. The van der Waals surface area contributed by atoms with Gasteiger partial charge in [0, 0.05) is 5.33 Å². The van der Waals surface area contributed by atoms with Gasteiger partial charge in [0.25, 0.3) is 0 Å². The molecule has 1 aromatic rings. The van der Waals surface area contributed by atoms with Crippen LogP contribution in [0.15, 0.2) is 24.3 Å². The first kappa shape index (κ1) is 14.5. The van der Waals surface area contributed by atoms with E-state index < -0.39 is 0 Å². The van der Waals surface area contributed by atoms with Crippen molar-refractivity contribution in [1.29, 1.82) is 0 Å². The minimum absolute atomic E-state index is 0.0957. The lowest BCUT2D eigenvalue weighted by Gasteiger charge is -2.23. The highest BCUT2D eigenvalue weighted by Crippen LogP contribution is 2.25. The van der Waals surface area contributed by atoms with Crippen molar-refractivity contribution in [1.82, 2.24) is 0 Å². The number of ether oxygens (including phenoxy) is 2. The van der Waals surface area contributed by atoms with Crippen molar-refractivity contribution < 1.29 is 9.47 Å². The molecule has 0 bridgehead atoms. The van der Waals surface area contributed by atoms with E-state index in [2.05, 4.69) is 48.8 Å². The number of methoxy groups -OCH3 is 1. The van der Waals surface area contributed by atoms with Crippen LogP contribution < -0.4 is 4.74 Å². The van der Waals surface area contributed by atoms with Crippen LogP contribution >= 0.6 is 15.9 Å². The Balaban J connectivity index is 2.72. The van der Waals surface area contributed by atoms with Crippen LogP contribution in [0.3, 0.4) is 0 Å². The van der Waals surface area contributed by atoms with Gasteiger partial charge in [-0.1, -0.05) is 41.9 Å². The summed E-state index contributed by atoms with van der Waals surface area (Å²) < 4.78 is 11.2. The molecule has 0 aromatic heterocycles. The summed E-state index contributed by atoms with van der Waals surface area (Å²) in [6, 6.07) is 8.04. The van der Waals surface area contributed by atoms with Crippen molar-refractivity contribution in [2.24, 2.45) is 5.92 Å². The van der Waals surface area contributed by atoms with Crippen molar-refractivity contribution in [2.45, 2.75) is 33.0 Å². The van der Waals surface area contributed by atoms with E-state index in [1.54, 1.807) is 7.11 Å². The molecular weight excluding hydrogens is 280 g/mol. The molecule has 0 fully saturated rings. The molecule has 0 amide bonds. The predicted octanol–water partition coefficient (Wildman–Crippen LogP) is 4.19. The summed E-state index contributed by atoms with van der Waals surface area (Å²) in [6.07, 6.45) is 0.345. The molecule has 0 aliphatic rings. The van der Waals surface area contributed by atoms with Gasteiger partial charge in [0.2, 0.25) is 0 Å². The Labute approximate surface area is 112 Å². The molecule has 2 atom stereocenters. The minimum Gasteiger partial charge on any atom is -0.497 e. The van der Waals surface area contributed by atoms with Crippen LogP contribution in [-0.2, 0) is 4.74 Å².